The van der Waals surface area contributed by atoms with E-state index in [-0.39, 0.29) is 5.56 Å². The molecule has 0 unspecified atom stereocenters. The van der Waals surface area contributed by atoms with Gasteiger partial charge in [-0.15, -0.1) is 6.58 Å². The van der Waals surface area contributed by atoms with Gasteiger partial charge < -0.3 is 9.88 Å². The van der Waals surface area contributed by atoms with Crippen LogP contribution in [0.2, 0.25) is 0 Å². The molecule has 17 heavy (non-hydrogen) atoms. The minimum Gasteiger partial charge on any atom is -0.314 e. The van der Waals surface area contributed by atoms with Crippen molar-refractivity contribution in [3.05, 3.63) is 59.5 Å². The van der Waals surface area contributed by atoms with Crippen molar-refractivity contribution in [1.82, 2.24) is 9.88 Å². The van der Waals surface area contributed by atoms with Gasteiger partial charge in [-0.3, -0.25) is 4.79 Å². The number of nitrogens with one attached hydrogen (secondary N) is 1. The highest BCUT2D eigenvalue weighted by Crippen LogP contribution is 2.07. The van der Waals surface area contributed by atoms with Crippen molar-refractivity contribution in [3.63, 3.8) is 0 Å². The smallest absolute Gasteiger partial charge is 0.258 e. The summed E-state index contributed by atoms with van der Waals surface area (Å²) in [7, 11) is 0. The maximum atomic E-state index is 12.1. The summed E-state index contributed by atoms with van der Waals surface area (Å²) in [5.41, 5.74) is 0.0727. The van der Waals surface area contributed by atoms with E-state index in [2.05, 4.69) is 11.9 Å². The van der Waals surface area contributed by atoms with E-state index in [1.54, 1.807) is 4.57 Å². The summed E-state index contributed by atoms with van der Waals surface area (Å²) < 4.78 is 1.73. The van der Waals surface area contributed by atoms with Crippen LogP contribution in [0.5, 0.6) is 0 Å². The van der Waals surface area contributed by atoms with Crippen LogP contribution in [0.25, 0.3) is 10.8 Å². The summed E-state index contributed by atoms with van der Waals surface area (Å²) in [4.78, 5) is 12.1. The predicted octanol–water partition coefficient (Wildman–Crippen LogP) is 1.78. The Kier molecular flexibility index (Phi) is 3.73. The van der Waals surface area contributed by atoms with Crippen molar-refractivity contribution in [2.75, 3.05) is 13.1 Å². The Bertz CT molecular complexity index is 572. The molecule has 1 aromatic heterocycles. The molecule has 0 aliphatic carbocycles. The average molecular weight is 228 g/mol. The van der Waals surface area contributed by atoms with E-state index in [4.69, 9.17) is 0 Å². The summed E-state index contributed by atoms with van der Waals surface area (Å²) in [5.74, 6) is 0. The second kappa shape index (κ2) is 5.46. The van der Waals surface area contributed by atoms with E-state index in [1.807, 2.05) is 42.6 Å². The van der Waals surface area contributed by atoms with Gasteiger partial charge in [0.25, 0.3) is 5.56 Å². The lowest BCUT2D eigenvalue weighted by molar-refractivity contribution is 0.613. The van der Waals surface area contributed by atoms with Gasteiger partial charge in [-0.05, 0) is 17.5 Å². The molecule has 0 amide bonds. The monoisotopic (exact) mass is 228 g/mol. The van der Waals surface area contributed by atoms with Gasteiger partial charge in [0.05, 0.1) is 0 Å². The molecule has 88 valence electrons. The first-order chi connectivity index (χ1) is 8.33. The Morgan fingerprint density at radius 3 is 2.94 bits per heavy atom. The first kappa shape index (κ1) is 11.6. The van der Waals surface area contributed by atoms with Gasteiger partial charge in [-0.1, -0.05) is 24.3 Å². The minimum absolute atomic E-state index is 0.0727. The standard InChI is InChI=1S/C14H16N2O/c1-2-8-15-9-11-16-10-7-12-5-3-4-6-13(12)14(16)17/h2-7,10,15H,1,8-9,11H2. The number of rotatable bonds is 5. The quantitative estimate of drug-likeness (QED) is 0.625. The molecule has 0 aliphatic heterocycles. The zero-order valence-corrected chi connectivity index (χ0v) is 9.73. The van der Waals surface area contributed by atoms with Crippen LogP contribution in [0.1, 0.15) is 0 Å². The molecule has 2 aromatic rings. The molecule has 1 heterocycles. The first-order valence-corrected chi connectivity index (χ1v) is 5.73. The second-order valence-corrected chi connectivity index (χ2v) is 3.89. The van der Waals surface area contributed by atoms with Crippen LogP contribution in [0, 0.1) is 0 Å². The number of aromatic nitrogens is 1. The molecule has 0 saturated heterocycles. The van der Waals surface area contributed by atoms with Gasteiger partial charge in [-0.2, -0.15) is 0 Å². The average Bonchev–Trinajstić information content (AvgIpc) is 2.37. The number of fused-ring (bicyclic) bond motifs is 1. The molecule has 2 rings (SSSR count). The lowest BCUT2D eigenvalue weighted by atomic mass is 10.2. The minimum atomic E-state index is 0.0727. The number of hydrogen-bond acceptors (Lipinski definition) is 2. The molecule has 3 nitrogen and oxygen atoms in total. The highest BCUT2D eigenvalue weighted by Gasteiger charge is 2.00. The van der Waals surface area contributed by atoms with Crippen LogP contribution in [-0.4, -0.2) is 17.7 Å². The molecule has 3 heteroatoms. The Labute approximate surface area is 100 Å². The van der Waals surface area contributed by atoms with Gasteiger partial charge in [0.1, 0.15) is 0 Å². The topological polar surface area (TPSA) is 34.0 Å². The van der Waals surface area contributed by atoms with Crippen LogP contribution in [0.4, 0.5) is 0 Å². The molecule has 0 bridgehead atoms. The van der Waals surface area contributed by atoms with Crippen LogP contribution in [0.15, 0.2) is 54.0 Å². The molecular weight excluding hydrogens is 212 g/mol. The van der Waals surface area contributed by atoms with Crippen molar-refractivity contribution in [1.29, 1.82) is 0 Å². The van der Waals surface area contributed by atoms with Gasteiger partial charge in [-0.25, -0.2) is 0 Å². The van der Waals surface area contributed by atoms with E-state index in [0.717, 1.165) is 23.9 Å². The highest BCUT2D eigenvalue weighted by atomic mass is 16.1. The number of nitrogens with zero attached hydrogens (tertiary/aromatic N) is 1. The molecule has 1 N–H and O–H groups in total. The maximum Gasteiger partial charge on any atom is 0.258 e. The van der Waals surface area contributed by atoms with E-state index in [0.29, 0.717) is 6.54 Å². The zero-order chi connectivity index (χ0) is 12.1. The fourth-order valence-corrected chi connectivity index (χ4v) is 1.81. The Morgan fingerprint density at radius 1 is 1.29 bits per heavy atom. The van der Waals surface area contributed by atoms with E-state index in [9.17, 15) is 4.79 Å². The number of benzene rings is 1. The van der Waals surface area contributed by atoms with E-state index < -0.39 is 0 Å². The summed E-state index contributed by atoms with van der Waals surface area (Å²) in [6.07, 6.45) is 3.66. The Hall–Kier alpha value is -1.87. The molecule has 0 aliphatic rings. The maximum absolute atomic E-state index is 12.1. The Morgan fingerprint density at radius 2 is 2.12 bits per heavy atom. The van der Waals surface area contributed by atoms with Crippen molar-refractivity contribution >= 4 is 10.8 Å². The SMILES string of the molecule is C=CCNCCn1ccc2ccccc2c1=O. The van der Waals surface area contributed by atoms with Gasteiger partial charge >= 0.3 is 0 Å². The molecule has 0 saturated carbocycles. The Balaban J connectivity index is 2.21. The summed E-state index contributed by atoms with van der Waals surface area (Å²) in [6, 6.07) is 9.63. The number of pyridine rings is 1. The predicted molar refractivity (Wildman–Crippen MR) is 71.3 cm³/mol. The summed E-state index contributed by atoms with van der Waals surface area (Å²) >= 11 is 0. The molecular formula is C14H16N2O. The molecule has 0 fully saturated rings. The fourth-order valence-electron chi connectivity index (χ4n) is 1.81. The van der Waals surface area contributed by atoms with E-state index in [1.165, 1.54) is 0 Å². The normalized spacial score (nSPS) is 10.6. The van der Waals surface area contributed by atoms with Crippen molar-refractivity contribution in [3.8, 4) is 0 Å². The van der Waals surface area contributed by atoms with E-state index >= 15 is 0 Å². The second-order valence-electron chi connectivity index (χ2n) is 3.89. The van der Waals surface area contributed by atoms with Crippen LogP contribution in [0.3, 0.4) is 0 Å². The fraction of sp³-hybridized carbons (Fsp3) is 0.214. The van der Waals surface area contributed by atoms with Crippen molar-refractivity contribution in [2.45, 2.75) is 6.54 Å². The zero-order valence-electron chi connectivity index (χ0n) is 9.73. The molecule has 0 spiro atoms. The van der Waals surface area contributed by atoms with Crippen LogP contribution >= 0.6 is 0 Å². The third-order valence-electron chi connectivity index (χ3n) is 2.70. The van der Waals surface area contributed by atoms with Crippen LogP contribution < -0.4 is 10.9 Å². The molecule has 0 atom stereocenters. The lowest BCUT2D eigenvalue weighted by Crippen LogP contribution is -2.26. The summed E-state index contributed by atoms with van der Waals surface area (Å²) in [6.45, 7) is 5.85. The largest absolute Gasteiger partial charge is 0.314 e. The third-order valence-corrected chi connectivity index (χ3v) is 2.70. The van der Waals surface area contributed by atoms with Crippen molar-refractivity contribution in [2.24, 2.45) is 0 Å². The first-order valence-electron chi connectivity index (χ1n) is 5.73. The highest BCUT2D eigenvalue weighted by molar-refractivity contribution is 5.81. The third kappa shape index (κ3) is 2.63. The lowest BCUT2D eigenvalue weighted by Gasteiger charge is -2.07. The van der Waals surface area contributed by atoms with Crippen molar-refractivity contribution < 1.29 is 0 Å². The molecule has 1 aromatic carbocycles. The summed E-state index contributed by atoms with van der Waals surface area (Å²) in [5, 5.41) is 4.95. The van der Waals surface area contributed by atoms with Gasteiger partial charge in [0.2, 0.25) is 0 Å². The van der Waals surface area contributed by atoms with Gasteiger partial charge in [0, 0.05) is 31.2 Å². The molecule has 0 radical (unpaired) electrons. The van der Waals surface area contributed by atoms with Crippen LogP contribution in [-0.2, 0) is 6.54 Å². The van der Waals surface area contributed by atoms with Gasteiger partial charge in [0.15, 0.2) is 0 Å². The number of hydrogen-bond donors (Lipinski definition) is 1.